The molecule has 31 heavy (non-hydrogen) atoms. The third-order valence-corrected chi connectivity index (χ3v) is 5.86. The first-order chi connectivity index (χ1) is 14.9. The molecule has 0 spiro atoms. The maximum atomic E-state index is 13.0. The minimum Gasteiger partial charge on any atom is -0.493 e. The van der Waals surface area contributed by atoms with Crippen molar-refractivity contribution in [2.75, 3.05) is 28.4 Å². The number of ether oxygens (including phenoxy) is 3. The molecular formula is C23H28N2O6. The summed E-state index contributed by atoms with van der Waals surface area (Å²) in [4.78, 5) is 26.1. The molecule has 1 aliphatic carbocycles. The standard InChI is InChI=1S/C23H28N2O6/c1-24(17-8-6-5-7-9-17)23(26)15-10-11-18(19(12-15)25(27)28)16-13-20(29-2)22(31-4)21(14-16)30-3/h10-14,17H,5-9H2,1-4H3. The normalized spacial score (nSPS) is 14.1. The topological polar surface area (TPSA) is 91.1 Å². The van der Waals surface area contributed by atoms with E-state index in [0.29, 0.717) is 33.9 Å². The minimum atomic E-state index is -0.476. The second-order valence-electron chi connectivity index (χ2n) is 7.61. The Morgan fingerprint density at radius 3 is 2.13 bits per heavy atom. The van der Waals surface area contributed by atoms with Crippen molar-refractivity contribution in [3.05, 3.63) is 46.0 Å². The van der Waals surface area contributed by atoms with Crippen molar-refractivity contribution in [2.45, 2.75) is 38.1 Å². The van der Waals surface area contributed by atoms with Crippen LogP contribution >= 0.6 is 0 Å². The average Bonchev–Trinajstić information content (AvgIpc) is 2.82. The van der Waals surface area contributed by atoms with E-state index in [2.05, 4.69) is 0 Å². The summed E-state index contributed by atoms with van der Waals surface area (Å²) in [5.41, 5.74) is 1.04. The van der Waals surface area contributed by atoms with E-state index >= 15 is 0 Å². The lowest BCUT2D eigenvalue weighted by atomic mass is 9.94. The number of hydrogen-bond acceptors (Lipinski definition) is 6. The van der Waals surface area contributed by atoms with Crippen LogP contribution in [0.1, 0.15) is 42.5 Å². The molecule has 0 atom stereocenters. The van der Waals surface area contributed by atoms with Gasteiger partial charge in [0.2, 0.25) is 5.75 Å². The fourth-order valence-electron chi connectivity index (χ4n) is 4.13. The first kappa shape index (κ1) is 22.4. The quantitative estimate of drug-likeness (QED) is 0.469. The molecule has 1 fully saturated rings. The number of amides is 1. The maximum Gasteiger partial charge on any atom is 0.277 e. The maximum absolute atomic E-state index is 13.0. The average molecular weight is 428 g/mol. The lowest BCUT2D eigenvalue weighted by molar-refractivity contribution is -0.384. The van der Waals surface area contributed by atoms with Crippen LogP contribution in [0.15, 0.2) is 30.3 Å². The Kier molecular flexibility index (Phi) is 6.99. The molecule has 0 aliphatic heterocycles. The van der Waals surface area contributed by atoms with Gasteiger partial charge in [0, 0.05) is 24.7 Å². The predicted octanol–water partition coefficient (Wildman–Crippen LogP) is 4.69. The van der Waals surface area contributed by atoms with Crippen LogP contribution in [0.5, 0.6) is 17.2 Å². The zero-order valence-corrected chi connectivity index (χ0v) is 18.3. The van der Waals surface area contributed by atoms with Gasteiger partial charge >= 0.3 is 0 Å². The summed E-state index contributed by atoms with van der Waals surface area (Å²) >= 11 is 0. The summed E-state index contributed by atoms with van der Waals surface area (Å²) in [7, 11) is 6.24. The lowest BCUT2D eigenvalue weighted by Gasteiger charge is -2.31. The van der Waals surface area contributed by atoms with Crippen LogP contribution in [0.2, 0.25) is 0 Å². The Labute approximate surface area is 181 Å². The van der Waals surface area contributed by atoms with Crippen molar-refractivity contribution < 1.29 is 23.9 Å². The van der Waals surface area contributed by atoms with Crippen molar-refractivity contribution in [1.29, 1.82) is 0 Å². The lowest BCUT2D eigenvalue weighted by Crippen LogP contribution is -2.38. The summed E-state index contributed by atoms with van der Waals surface area (Å²) in [6, 6.07) is 8.06. The van der Waals surface area contributed by atoms with Gasteiger partial charge in [-0.15, -0.1) is 0 Å². The van der Waals surface area contributed by atoms with E-state index in [0.717, 1.165) is 25.7 Å². The molecule has 0 radical (unpaired) electrons. The Morgan fingerprint density at radius 1 is 1.00 bits per heavy atom. The van der Waals surface area contributed by atoms with Crippen molar-refractivity contribution in [3.63, 3.8) is 0 Å². The molecule has 0 unspecified atom stereocenters. The molecule has 166 valence electrons. The molecule has 0 saturated heterocycles. The molecule has 2 aromatic carbocycles. The Balaban J connectivity index is 2.02. The summed E-state index contributed by atoms with van der Waals surface area (Å²) in [5.74, 6) is 0.982. The van der Waals surface area contributed by atoms with Gasteiger partial charge < -0.3 is 19.1 Å². The van der Waals surface area contributed by atoms with Gasteiger partial charge in [0.05, 0.1) is 31.8 Å². The van der Waals surface area contributed by atoms with Gasteiger partial charge in [-0.2, -0.15) is 0 Å². The first-order valence-electron chi connectivity index (χ1n) is 10.3. The molecule has 0 N–H and O–H groups in total. The largest absolute Gasteiger partial charge is 0.493 e. The highest BCUT2D eigenvalue weighted by Crippen LogP contribution is 2.43. The zero-order valence-electron chi connectivity index (χ0n) is 18.3. The first-order valence-corrected chi connectivity index (χ1v) is 10.3. The summed E-state index contributed by atoms with van der Waals surface area (Å²) in [6.07, 6.45) is 5.32. The molecule has 2 aromatic rings. The van der Waals surface area contributed by atoms with E-state index in [1.807, 2.05) is 0 Å². The number of nitro benzene ring substituents is 1. The predicted molar refractivity (Wildman–Crippen MR) is 117 cm³/mol. The van der Waals surface area contributed by atoms with Crippen LogP contribution in [0, 0.1) is 10.1 Å². The molecule has 8 nitrogen and oxygen atoms in total. The van der Waals surface area contributed by atoms with Crippen LogP contribution in [-0.4, -0.2) is 50.1 Å². The molecule has 1 aliphatic rings. The van der Waals surface area contributed by atoms with Gasteiger partial charge in [-0.05, 0) is 42.7 Å². The van der Waals surface area contributed by atoms with Crippen LogP contribution in [0.4, 0.5) is 5.69 Å². The van der Waals surface area contributed by atoms with E-state index in [-0.39, 0.29) is 17.6 Å². The van der Waals surface area contributed by atoms with Gasteiger partial charge in [-0.3, -0.25) is 14.9 Å². The van der Waals surface area contributed by atoms with Crippen molar-refractivity contribution in [2.24, 2.45) is 0 Å². The molecular weight excluding hydrogens is 400 g/mol. The smallest absolute Gasteiger partial charge is 0.277 e. The molecule has 3 rings (SSSR count). The number of benzene rings is 2. The zero-order chi connectivity index (χ0) is 22.5. The van der Waals surface area contributed by atoms with Crippen LogP contribution in [0.3, 0.4) is 0 Å². The number of carbonyl (C=O) groups excluding carboxylic acids is 1. The van der Waals surface area contributed by atoms with E-state index < -0.39 is 4.92 Å². The molecule has 0 bridgehead atoms. The third kappa shape index (κ3) is 4.57. The second-order valence-corrected chi connectivity index (χ2v) is 7.61. The highest BCUT2D eigenvalue weighted by molar-refractivity contribution is 5.96. The molecule has 0 heterocycles. The van der Waals surface area contributed by atoms with Gasteiger partial charge in [-0.1, -0.05) is 19.3 Å². The van der Waals surface area contributed by atoms with Gasteiger partial charge in [0.25, 0.3) is 11.6 Å². The summed E-state index contributed by atoms with van der Waals surface area (Å²) in [5, 5.41) is 11.9. The number of rotatable bonds is 7. The van der Waals surface area contributed by atoms with E-state index in [1.165, 1.54) is 33.8 Å². The van der Waals surface area contributed by atoms with Gasteiger partial charge in [0.1, 0.15) is 0 Å². The second kappa shape index (κ2) is 9.68. The van der Waals surface area contributed by atoms with Crippen LogP contribution in [-0.2, 0) is 0 Å². The molecule has 1 amide bonds. The highest BCUT2D eigenvalue weighted by atomic mass is 16.6. The number of carbonyl (C=O) groups is 1. The van der Waals surface area contributed by atoms with Gasteiger partial charge in [0.15, 0.2) is 11.5 Å². The van der Waals surface area contributed by atoms with Gasteiger partial charge in [-0.25, -0.2) is 0 Å². The van der Waals surface area contributed by atoms with Crippen molar-refractivity contribution in [1.82, 2.24) is 4.90 Å². The molecule has 8 heteroatoms. The number of methoxy groups -OCH3 is 3. The number of nitrogens with zero attached hydrogens (tertiary/aromatic N) is 2. The van der Waals surface area contributed by atoms with E-state index in [9.17, 15) is 14.9 Å². The Morgan fingerprint density at radius 2 is 1.61 bits per heavy atom. The fourth-order valence-corrected chi connectivity index (χ4v) is 4.13. The number of nitro groups is 1. The molecule has 0 aromatic heterocycles. The SMILES string of the molecule is COc1cc(-c2ccc(C(=O)N(C)C3CCCCC3)cc2[N+](=O)[O-])cc(OC)c1OC. The minimum absolute atomic E-state index is 0.155. The third-order valence-electron chi connectivity index (χ3n) is 5.86. The van der Waals surface area contributed by atoms with E-state index in [4.69, 9.17) is 14.2 Å². The summed E-state index contributed by atoms with van der Waals surface area (Å²) < 4.78 is 16.1. The monoisotopic (exact) mass is 428 g/mol. The number of hydrogen-bond donors (Lipinski definition) is 0. The fraction of sp³-hybridized carbons (Fsp3) is 0.435. The van der Waals surface area contributed by atoms with Crippen molar-refractivity contribution in [3.8, 4) is 28.4 Å². The Bertz CT molecular complexity index is 944. The highest BCUT2D eigenvalue weighted by Gasteiger charge is 2.26. The molecule has 1 saturated carbocycles. The summed E-state index contributed by atoms with van der Waals surface area (Å²) in [6.45, 7) is 0. The van der Waals surface area contributed by atoms with Crippen molar-refractivity contribution >= 4 is 11.6 Å². The Hall–Kier alpha value is -3.29. The van der Waals surface area contributed by atoms with Crippen LogP contribution < -0.4 is 14.2 Å². The van der Waals surface area contributed by atoms with E-state index in [1.54, 1.807) is 36.2 Å². The van der Waals surface area contributed by atoms with Crippen LogP contribution in [0.25, 0.3) is 11.1 Å².